The van der Waals surface area contributed by atoms with Crippen LogP contribution in [0.3, 0.4) is 0 Å². The number of aromatic hydroxyl groups is 1. The average Bonchev–Trinajstić information content (AvgIpc) is 4.26. The predicted octanol–water partition coefficient (Wildman–Crippen LogP) is 4.57. The first kappa shape index (κ1) is 51.3. The van der Waals surface area contributed by atoms with Crippen LogP contribution in [0, 0.1) is 24.0 Å². The minimum atomic E-state index is -1.06. The molecule has 5 amide bonds. The zero-order valence-electron chi connectivity index (χ0n) is 42.0. The van der Waals surface area contributed by atoms with Gasteiger partial charge in [0.1, 0.15) is 47.9 Å². The van der Waals surface area contributed by atoms with E-state index in [-0.39, 0.29) is 128 Å². The molecule has 5 saturated heterocycles. The molecular weight excluding hydrogens is 999 g/mol. The first-order chi connectivity index (χ1) is 37.3. The largest absolute Gasteiger partial charge is 0.508 e. The molecule has 11 rings (SSSR count). The number of ether oxygens (including phenoxy) is 4. The molecule has 6 aliphatic heterocycles. The van der Waals surface area contributed by atoms with Gasteiger partial charge in [-0.3, -0.25) is 39.3 Å². The zero-order valence-corrected chi connectivity index (χ0v) is 42.0. The molecule has 0 saturated carbocycles. The monoisotopic (exact) mass is 1050 g/mol. The van der Waals surface area contributed by atoms with Crippen LogP contribution in [0.4, 0.5) is 25.1 Å². The number of aromatic nitrogens is 3. The summed E-state index contributed by atoms with van der Waals surface area (Å²) in [6.07, 6.45) is 10.8. The second-order valence-corrected chi connectivity index (χ2v) is 20.3. The summed E-state index contributed by atoms with van der Waals surface area (Å²) in [6, 6.07) is 9.50. The third-order valence-electron chi connectivity index (χ3n) is 15.4. The van der Waals surface area contributed by atoms with Gasteiger partial charge >= 0.3 is 12.1 Å². The van der Waals surface area contributed by atoms with Crippen LogP contribution in [0.1, 0.15) is 71.2 Å². The number of fused-ring (bicyclic) bond motifs is 6. The highest BCUT2D eigenvalue weighted by atomic mass is 19.1. The molecule has 0 spiro atoms. The highest BCUT2D eigenvalue weighted by Crippen LogP contribution is 2.45. The van der Waals surface area contributed by atoms with Gasteiger partial charge in [0.05, 0.1) is 54.0 Å². The summed E-state index contributed by atoms with van der Waals surface area (Å²) in [6.45, 7) is 7.87. The number of piperidine rings is 1. The summed E-state index contributed by atoms with van der Waals surface area (Å²) in [7, 11) is 0. The number of phenolic OH excluding ortho intramolecular Hbond substituents is 1. The Bertz CT molecular complexity index is 3290. The number of nitrogens with one attached hydrogen (secondary N) is 4. The number of amides is 5. The lowest BCUT2D eigenvalue weighted by Gasteiger charge is -2.35. The fourth-order valence-electron chi connectivity index (χ4n) is 11.9. The number of pyridine rings is 1. The van der Waals surface area contributed by atoms with Crippen LogP contribution in [-0.4, -0.2) is 162 Å². The molecule has 77 heavy (non-hydrogen) atoms. The van der Waals surface area contributed by atoms with Crippen molar-refractivity contribution in [2.24, 2.45) is 0 Å². The summed E-state index contributed by atoms with van der Waals surface area (Å²) >= 11 is 0. The molecule has 5 atom stereocenters. The van der Waals surface area contributed by atoms with Gasteiger partial charge < -0.3 is 44.9 Å². The summed E-state index contributed by atoms with van der Waals surface area (Å²) < 4.78 is 55.8. The van der Waals surface area contributed by atoms with Crippen LogP contribution < -0.4 is 30.9 Å². The molecule has 8 heterocycles. The van der Waals surface area contributed by atoms with Crippen LogP contribution in [0.5, 0.6) is 11.8 Å². The van der Waals surface area contributed by atoms with Crippen molar-refractivity contribution in [1.82, 2.24) is 40.7 Å². The number of piperazine rings is 1. The fraction of sp³-hybridized carbons (Fsp3) is 0.418. The minimum Gasteiger partial charge on any atom is -0.508 e. The van der Waals surface area contributed by atoms with E-state index >= 15 is 8.78 Å². The Hall–Kier alpha value is -7.84. The van der Waals surface area contributed by atoms with Crippen molar-refractivity contribution in [2.45, 2.75) is 74.7 Å². The molecule has 5 unspecified atom stereocenters. The van der Waals surface area contributed by atoms with Crippen LogP contribution >= 0.6 is 0 Å². The van der Waals surface area contributed by atoms with Gasteiger partial charge in [0, 0.05) is 80.1 Å². The smallest absolute Gasteiger partial charge is 0.407 e. The van der Waals surface area contributed by atoms with Gasteiger partial charge in [0.15, 0.2) is 5.82 Å². The number of carbonyl (C=O) groups is 5. The van der Waals surface area contributed by atoms with E-state index in [0.717, 1.165) is 23.3 Å². The number of halogens is 2. The quantitative estimate of drug-likeness (QED) is 0.0350. The minimum absolute atomic E-state index is 0.0317. The first-order valence-corrected chi connectivity index (χ1v) is 25.8. The number of carbonyl (C=O) groups excluding carboxylic acids is 5. The van der Waals surface area contributed by atoms with E-state index < -0.39 is 52.9 Å². The number of imide groups is 2. The van der Waals surface area contributed by atoms with E-state index in [4.69, 9.17) is 30.4 Å². The van der Waals surface area contributed by atoms with Crippen molar-refractivity contribution >= 4 is 62.9 Å². The predicted molar refractivity (Wildman–Crippen MR) is 276 cm³/mol. The molecular formula is C55H56F2N10O10. The molecule has 3 aromatic carbocycles. The number of benzene rings is 3. The van der Waals surface area contributed by atoms with Gasteiger partial charge in [0.25, 0.3) is 11.8 Å². The van der Waals surface area contributed by atoms with Crippen molar-refractivity contribution in [3.63, 3.8) is 0 Å². The molecule has 400 valence electrons. The molecule has 5 aromatic rings. The number of hydrogen-bond acceptors (Lipinski definition) is 17. The average molecular weight is 1060 g/mol. The maximum absolute atomic E-state index is 17.2. The summed E-state index contributed by atoms with van der Waals surface area (Å²) in [4.78, 5) is 82.8. The number of phenols is 1. The summed E-state index contributed by atoms with van der Waals surface area (Å²) in [5.41, 5.74) is 1.06. The maximum Gasteiger partial charge on any atom is 0.407 e. The summed E-state index contributed by atoms with van der Waals surface area (Å²) in [5, 5.41) is 23.4. The Morgan fingerprint density at radius 3 is 2.53 bits per heavy atom. The maximum atomic E-state index is 17.2. The van der Waals surface area contributed by atoms with Gasteiger partial charge in [-0.2, -0.15) is 9.97 Å². The second-order valence-electron chi connectivity index (χ2n) is 20.3. The van der Waals surface area contributed by atoms with Crippen molar-refractivity contribution in [1.29, 1.82) is 0 Å². The van der Waals surface area contributed by atoms with Crippen LogP contribution in [0.25, 0.3) is 32.9 Å². The van der Waals surface area contributed by atoms with Crippen LogP contribution in [-0.2, 0) is 23.8 Å². The SMILES string of the molecule is C#Cc1c(F)ccc2cc(O)cc(-c3ncc4c(N5CC6CCC(C5)N6)nc(OCC56CCC(COC(=O)NCCOCCOCCNc7cccc8c7C(=O)N(C7CCC(=O)NC7=O)C8=O)N5CC(=C)C6)nc4c3F)c12. The standard InChI is InChI=1S/C55H56F2N10O10/c1-3-36-40(56)10-7-31-21-35(68)22-38(44(31)36)47-46(57)48-39(24-60-47)49(65-26-32-8-9-33(27-65)61-32)64-53(63-48)77-29-55-14-13-34(66(55)25-30(2)23-55)28-76-54(73)59-16-18-75-20-19-74-17-15-58-41-6-4-5-37-45(41)52(72)67(51(37)71)42-11-12-43(69)62-50(42)70/h1,4-7,10,21-22,24,32-34,42,58,61,68H,2,8-9,11-20,23,25-29H2,(H,59,73)(H,62,69,70). The number of hydrogen-bond donors (Lipinski definition) is 5. The zero-order chi connectivity index (χ0) is 53.5. The van der Waals surface area contributed by atoms with Gasteiger partial charge in [-0.1, -0.05) is 30.2 Å². The molecule has 20 nitrogen and oxygen atoms in total. The lowest BCUT2D eigenvalue weighted by atomic mass is 9.94. The highest BCUT2D eigenvalue weighted by molar-refractivity contribution is 6.25. The Morgan fingerprint density at radius 1 is 0.961 bits per heavy atom. The lowest BCUT2D eigenvalue weighted by Crippen LogP contribution is -2.54. The Labute approximate surface area is 440 Å². The van der Waals surface area contributed by atoms with E-state index in [0.29, 0.717) is 67.7 Å². The van der Waals surface area contributed by atoms with Crippen molar-refractivity contribution in [2.75, 3.05) is 82.6 Å². The molecule has 0 radical (unpaired) electrons. The van der Waals surface area contributed by atoms with Crippen molar-refractivity contribution < 1.29 is 56.8 Å². The van der Waals surface area contributed by atoms with E-state index in [1.165, 1.54) is 36.5 Å². The van der Waals surface area contributed by atoms with Crippen LogP contribution in [0.2, 0.25) is 0 Å². The van der Waals surface area contributed by atoms with E-state index in [1.807, 2.05) is 0 Å². The van der Waals surface area contributed by atoms with Crippen molar-refractivity contribution in [3.8, 4) is 35.4 Å². The third kappa shape index (κ3) is 9.95. The Morgan fingerprint density at radius 2 is 1.75 bits per heavy atom. The highest BCUT2D eigenvalue weighted by Gasteiger charge is 2.52. The number of terminal acetylenes is 1. The van der Waals surface area contributed by atoms with Gasteiger partial charge in [-0.15, -0.1) is 6.42 Å². The Kier molecular flexibility index (Phi) is 14.2. The molecule has 2 bridgehead atoms. The fourth-order valence-corrected chi connectivity index (χ4v) is 11.9. The number of alkyl carbamates (subject to hydrolysis) is 1. The molecule has 2 aromatic heterocycles. The molecule has 22 heteroatoms. The van der Waals surface area contributed by atoms with E-state index in [9.17, 15) is 29.1 Å². The molecule has 5 fully saturated rings. The number of rotatable bonds is 18. The number of anilines is 2. The summed E-state index contributed by atoms with van der Waals surface area (Å²) in [5.74, 6) is -1.09. The van der Waals surface area contributed by atoms with Crippen LogP contribution in [0.15, 0.2) is 60.8 Å². The van der Waals surface area contributed by atoms with Gasteiger partial charge in [-0.05, 0) is 74.2 Å². The van der Waals surface area contributed by atoms with E-state index in [1.54, 1.807) is 12.1 Å². The van der Waals surface area contributed by atoms with Crippen molar-refractivity contribution in [3.05, 3.63) is 89.1 Å². The van der Waals surface area contributed by atoms with E-state index in [2.05, 4.69) is 53.5 Å². The lowest BCUT2D eigenvalue weighted by molar-refractivity contribution is -0.136. The third-order valence-corrected chi connectivity index (χ3v) is 15.4. The molecule has 5 N–H and O–H groups in total. The topological polar surface area (TPSA) is 239 Å². The second kappa shape index (κ2) is 21.3. The normalized spacial score (nSPS) is 22.9. The number of nitrogens with zero attached hydrogens (tertiary/aromatic N) is 6. The van der Waals surface area contributed by atoms with Gasteiger partial charge in [-0.25, -0.2) is 13.6 Å². The Balaban J connectivity index is 0.667. The van der Waals surface area contributed by atoms with Gasteiger partial charge in [0.2, 0.25) is 11.8 Å². The first-order valence-electron chi connectivity index (χ1n) is 25.8. The molecule has 6 aliphatic rings. The molecule has 0 aliphatic carbocycles.